The summed E-state index contributed by atoms with van der Waals surface area (Å²) < 4.78 is 0. The molecule has 2 heteroatoms. The predicted molar refractivity (Wildman–Crippen MR) is 78.8 cm³/mol. The Morgan fingerprint density at radius 1 is 1.17 bits per heavy atom. The molecule has 2 bridgehead atoms. The van der Waals surface area contributed by atoms with Crippen molar-refractivity contribution in [2.24, 2.45) is 17.8 Å². The van der Waals surface area contributed by atoms with Gasteiger partial charge in [-0.25, -0.2) is 0 Å². The molecule has 1 saturated carbocycles. The summed E-state index contributed by atoms with van der Waals surface area (Å²) in [6.07, 6.45) is 7.23. The molecule has 0 aromatic heterocycles. The molecule has 2 fully saturated rings. The Labute approximate surface area is 114 Å². The Morgan fingerprint density at radius 3 is 2.39 bits per heavy atom. The van der Waals surface area contributed by atoms with Gasteiger partial charge in [-0.1, -0.05) is 27.2 Å². The van der Waals surface area contributed by atoms with Crippen LogP contribution in [0.3, 0.4) is 0 Å². The maximum absolute atomic E-state index is 3.64. The van der Waals surface area contributed by atoms with Crippen molar-refractivity contribution >= 4 is 0 Å². The molecule has 0 aromatic carbocycles. The number of likely N-dealkylation sites (tertiary alicyclic amines) is 1. The molecule has 18 heavy (non-hydrogen) atoms. The molecule has 1 aliphatic carbocycles. The summed E-state index contributed by atoms with van der Waals surface area (Å²) in [5.41, 5.74) is 0. The van der Waals surface area contributed by atoms with Crippen LogP contribution in [0.5, 0.6) is 0 Å². The second kappa shape index (κ2) is 6.91. The summed E-state index contributed by atoms with van der Waals surface area (Å²) in [5.74, 6) is 2.78. The minimum atomic E-state index is 0.750. The zero-order chi connectivity index (χ0) is 13.0. The van der Waals surface area contributed by atoms with Crippen molar-refractivity contribution in [3.05, 3.63) is 0 Å². The fourth-order valence-electron chi connectivity index (χ4n) is 3.96. The minimum Gasteiger partial charge on any atom is -0.315 e. The maximum atomic E-state index is 3.64. The molecule has 0 radical (unpaired) electrons. The van der Waals surface area contributed by atoms with Crippen LogP contribution in [0, 0.1) is 17.8 Å². The van der Waals surface area contributed by atoms with Crippen molar-refractivity contribution in [2.45, 2.75) is 58.9 Å². The standard InChI is InChI=1S/C16H32N2/c1-4-8-17-10-16(13(2)3)18-11-14-6-5-7-15(9-14)12-18/h13-17H,4-12H2,1-3H3. The Morgan fingerprint density at radius 2 is 1.83 bits per heavy atom. The first-order valence-corrected chi connectivity index (χ1v) is 8.15. The van der Waals surface area contributed by atoms with Gasteiger partial charge in [-0.05, 0) is 50.0 Å². The third-order valence-electron chi connectivity index (χ3n) is 4.90. The smallest absolute Gasteiger partial charge is 0.0243 e. The van der Waals surface area contributed by atoms with Gasteiger partial charge in [0.2, 0.25) is 0 Å². The molecule has 0 aromatic rings. The van der Waals surface area contributed by atoms with Crippen molar-refractivity contribution < 1.29 is 0 Å². The number of piperidine rings is 1. The fourth-order valence-corrected chi connectivity index (χ4v) is 3.96. The normalized spacial score (nSPS) is 30.7. The van der Waals surface area contributed by atoms with Crippen molar-refractivity contribution in [3.8, 4) is 0 Å². The first-order chi connectivity index (χ1) is 8.70. The van der Waals surface area contributed by atoms with E-state index in [0.29, 0.717) is 0 Å². The third-order valence-corrected chi connectivity index (χ3v) is 4.90. The highest BCUT2D eigenvalue weighted by molar-refractivity contribution is 4.88. The monoisotopic (exact) mass is 252 g/mol. The third kappa shape index (κ3) is 3.71. The minimum absolute atomic E-state index is 0.750. The number of nitrogens with zero attached hydrogens (tertiary/aromatic N) is 1. The van der Waals surface area contributed by atoms with Crippen LogP contribution in [0.25, 0.3) is 0 Å². The molecular weight excluding hydrogens is 220 g/mol. The number of nitrogens with one attached hydrogen (secondary N) is 1. The lowest BCUT2D eigenvalue weighted by molar-refractivity contribution is 0.0370. The highest BCUT2D eigenvalue weighted by atomic mass is 15.2. The van der Waals surface area contributed by atoms with Crippen LogP contribution < -0.4 is 5.32 Å². The predicted octanol–water partition coefficient (Wildman–Crippen LogP) is 3.13. The number of hydrogen-bond acceptors (Lipinski definition) is 2. The Hall–Kier alpha value is -0.0800. The SMILES string of the molecule is CCCNCC(C(C)C)N1CC2CCCC(C2)C1. The van der Waals surface area contributed by atoms with E-state index in [0.717, 1.165) is 23.8 Å². The van der Waals surface area contributed by atoms with E-state index in [9.17, 15) is 0 Å². The summed E-state index contributed by atoms with van der Waals surface area (Å²) in [5, 5.41) is 3.64. The Kier molecular flexibility index (Phi) is 5.50. The molecule has 2 nitrogen and oxygen atoms in total. The highest BCUT2D eigenvalue weighted by Gasteiger charge is 2.34. The molecule has 3 unspecified atom stereocenters. The molecule has 2 aliphatic rings. The van der Waals surface area contributed by atoms with Crippen LogP contribution >= 0.6 is 0 Å². The number of fused-ring (bicyclic) bond motifs is 2. The van der Waals surface area contributed by atoms with Crippen LogP contribution in [-0.2, 0) is 0 Å². The highest BCUT2D eigenvalue weighted by Crippen LogP contribution is 2.35. The molecule has 3 atom stereocenters. The van der Waals surface area contributed by atoms with Crippen LogP contribution in [0.15, 0.2) is 0 Å². The summed E-state index contributed by atoms with van der Waals surface area (Å²) in [6, 6.07) is 0.750. The lowest BCUT2D eigenvalue weighted by atomic mass is 9.77. The van der Waals surface area contributed by atoms with Crippen molar-refractivity contribution in [1.29, 1.82) is 0 Å². The summed E-state index contributed by atoms with van der Waals surface area (Å²) in [6.45, 7) is 12.1. The lowest BCUT2D eigenvalue weighted by Crippen LogP contribution is -2.53. The molecular formula is C16H32N2. The fraction of sp³-hybridized carbons (Fsp3) is 1.00. The van der Waals surface area contributed by atoms with Gasteiger partial charge in [0.15, 0.2) is 0 Å². The van der Waals surface area contributed by atoms with E-state index in [1.165, 1.54) is 58.3 Å². The van der Waals surface area contributed by atoms with Gasteiger partial charge in [-0.15, -0.1) is 0 Å². The van der Waals surface area contributed by atoms with E-state index in [1.54, 1.807) is 0 Å². The van der Waals surface area contributed by atoms with E-state index in [1.807, 2.05) is 0 Å². The largest absolute Gasteiger partial charge is 0.315 e. The average molecular weight is 252 g/mol. The first kappa shape index (κ1) is 14.3. The zero-order valence-corrected chi connectivity index (χ0v) is 12.6. The number of hydrogen-bond donors (Lipinski definition) is 1. The van der Waals surface area contributed by atoms with E-state index >= 15 is 0 Å². The zero-order valence-electron chi connectivity index (χ0n) is 12.6. The Bertz CT molecular complexity index is 227. The quantitative estimate of drug-likeness (QED) is 0.731. The second-order valence-electron chi connectivity index (χ2n) is 6.87. The molecule has 0 spiro atoms. The van der Waals surface area contributed by atoms with E-state index in [-0.39, 0.29) is 0 Å². The molecule has 1 N–H and O–H groups in total. The second-order valence-corrected chi connectivity index (χ2v) is 6.87. The van der Waals surface area contributed by atoms with Gasteiger partial charge in [0, 0.05) is 25.7 Å². The van der Waals surface area contributed by atoms with Crippen molar-refractivity contribution in [1.82, 2.24) is 10.2 Å². The number of rotatable bonds is 6. The van der Waals surface area contributed by atoms with Gasteiger partial charge < -0.3 is 5.32 Å². The van der Waals surface area contributed by atoms with Gasteiger partial charge >= 0.3 is 0 Å². The van der Waals surface area contributed by atoms with Crippen molar-refractivity contribution in [2.75, 3.05) is 26.2 Å². The maximum Gasteiger partial charge on any atom is 0.0243 e. The average Bonchev–Trinajstić information content (AvgIpc) is 2.33. The molecule has 1 aliphatic heterocycles. The molecule has 1 saturated heterocycles. The lowest BCUT2D eigenvalue weighted by Gasteiger charge is -2.46. The topological polar surface area (TPSA) is 15.3 Å². The van der Waals surface area contributed by atoms with Crippen LogP contribution in [0.2, 0.25) is 0 Å². The first-order valence-electron chi connectivity index (χ1n) is 8.15. The van der Waals surface area contributed by atoms with Crippen molar-refractivity contribution in [3.63, 3.8) is 0 Å². The van der Waals surface area contributed by atoms with Gasteiger partial charge in [-0.2, -0.15) is 0 Å². The van der Waals surface area contributed by atoms with E-state index < -0.39 is 0 Å². The molecule has 1 heterocycles. The van der Waals surface area contributed by atoms with Gasteiger partial charge in [0.25, 0.3) is 0 Å². The van der Waals surface area contributed by atoms with Gasteiger partial charge in [0.05, 0.1) is 0 Å². The Balaban J connectivity index is 1.89. The molecule has 0 amide bonds. The summed E-state index contributed by atoms with van der Waals surface area (Å²) in [4.78, 5) is 2.81. The van der Waals surface area contributed by atoms with E-state index in [4.69, 9.17) is 0 Å². The molecule has 106 valence electrons. The summed E-state index contributed by atoms with van der Waals surface area (Å²) >= 11 is 0. The molecule has 2 rings (SSSR count). The summed E-state index contributed by atoms with van der Waals surface area (Å²) in [7, 11) is 0. The van der Waals surface area contributed by atoms with Crippen LogP contribution in [0.4, 0.5) is 0 Å². The van der Waals surface area contributed by atoms with Gasteiger partial charge in [0.1, 0.15) is 0 Å². The van der Waals surface area contributed by atoms with Crippen LogP contribution in [0.1, 0.15) is 52.9 Å². The van der Waals surface area contributed by atoms with Gasteiger partial charge in [-0.3, -0.25) is 4.90 Å². The van der Waals surface area contributed by atoms with E-state index in [2.05, 4.69) is 31.0 Å². The van der Waals surface area contributed by atoms with Crippen LogP contribution in [-0.4, -0.2) is 37.1 Å².